The molecule has 0 saturated heterocycles. The Morgan fingerprint density at radius 1 is 1.22 bits per heavy atom. The summed E-state index contributed by atoms with van der Waals surface area (Å²) >= 11 is 3.53. The van der Waals surface area contributed by atoms with Gasteiger partial charge in [-0.1, -0.05) is 59.1 Å². The number of rotatable bonds is 3. The van der Waals surface area contributed by atoms with Crippen molar-refractivity contribution < 1.29 is 15.0 Å². The quantitative estimate of drug-likeness (QED) is 0.844. The molecule has 3 unspecified atom stereocenters. The van der Waals surface area contributed by atoms with Gasteiger partial charge in [0.05, 0.1) is 0 Å². The largest absolute Gasteiger partial charge is 0.479 e. The van der Waals surface area contributed by atoms with Gasteiger partial charge in [-0.25, -0.2) is 4.79 Å². The maximum Gasteiger partial charge on any atom is 0.340 e. The predicted octanol–water partition coefficient (Wildman–Crippen LogP) is 2.91. The summed E-state index contributed by atoms with van der Waals surface area (Å²) < 4.78 is 0. The molecule has 1 fully saturated rings. The minimum Gasteiger partial charge on any atom is -0.479 e. The monoisotopic (exact) mass is 312 g/mol. The lowest BCUT2D eigenvalue weighted by Crippen LogP contribution is -2.47. The van der Waals surface area contributed by atoms with Gasteiger partial charge in [0, 0.05) is 10.7 Å². The molecule has 0 heterocycles. The van der Waals surface area contributed by atoms with Gasteiger partial charge >= 0.3 is 5.97 Å². The lowest BCUT2D eigenvalue weighted by molar-refractivity contribution is -0.168. The highest BCUT2D eigenvalue weighted by atomic mass is 79.9. The van der Waals surface area contributed by atoms with Crippen molar-refractivity contribution >= 4 is 21.9 Å². The maximum absolute atomic E-state index is 11.6. The molecule has 1 aliphatic carbocycles. The zero-order valence-corrected chi connectivity index (χ0v) is 11.6. The van der Waals surface area contributed by atoms with E-state index in [4.69, 9.17) is 0 Å². The zero-order valence-electron chi connectivity index (χ0n) is 10.1. The Kier molecular flexibility index (Phi) is 4.07. The second kappa shape index (κ2) is 5.41. The highest BCUT2D eigenvalue weighted by Crippen LogP contribution is 2.42. The number of aliphatic carboxylic acids is 1. The topological polar surface area (TPSA) is 57.5 Å². The van der Waals surface area contributed by atoms with Crippen LogP contribution in [0.2, 0.25) is 0 Å². The molecular formula is C14H17BrO3. The van der Waals surface area contributed by atoms with E-state index in [1.807, 2.05) is 6.07 Å². The first-order valence-electron chi connectivity index (χ1n) is 6.22. The fraction of sp³-hybridized carbons (Fsp3) is 0.500. The first-order valence-corrected chi connectivity index (χ1v) is 7.13. The molecule has 1 aromatic carbocycles. The number of aliphatic hydroxyl groups is 1. The molecule has 1 aliphatic rings. The van der Waals surface area contributed by atoms with Crippen LogP contribution in [0.25, 0.3) is 0 Å². The lowest BCUT2D eigenvalue weighted by Gasteiger charge is -2.38. The molecule has 0 aromatic heterocycles. The summed E-state index contributed by atoms with van der Waals surface area (Å²) in [5, 5.41) is 20.2. The second-order valence-corrected chi connectivity index (χ2v) is 6.02. The summed E-state index contributed by atoms with van der Waals surface area (Å²) in [6.07, 6.45) is 3.69. The Morgan fingerprint density at radius 3 is 2.39 bits per heavy atom. The third-order valence-corrected chi connectivity index (χ3v) is 4.85. The molecule has 1 aromatic rings. The number of hydrogen-bond acceptors (Lipinski definition) is 2. The van der Waals surface area contributed by atoms with Crippen molar-refractivity contribution in [2.24, 2.45) is 5.92 Å². The molecule has 2 rings (SSSR count). The Bertz CT molecular complexity index is 420. The number of hydrogen-bond donors (Lipinski definition) is 2. The molecule has 4 heteroatoms. The molecule has 0 radical (unpaired) electrons. The van der Waals surface area contributed by atoms with E-state index in [1.165, 1.54) is 0 Å². The average molecular weight is 313 g/mol. The fourth-order valence-electron chi connectivity index (χ4n) is 2.74. The lowest BCUT2D eigenvalue weighted by atomic mass is 9.73. The van der Waals surface area contributed by atoms with Crippen LogP contribution < -0.4 is 0 Å². The van der Waals surface area contributed by atoms with Crippen LogP contribution in [0.4, 0.5) is 0 Å². The van der Waals surface area contributed by atoms with E-state index in [2.05, 4.69) is 15.9 Å². The van der Waals surface area contributed by atoms with E-state index in [1.54, 1.807) is 24.3 Å². The van der Waals surface area contributed by atoms with Crippen LogP contribution in [0.15, 0.2) is 30.3 Å². The Hall–Kier alpha value is -0.870. The number of benzene rings is 1. The third-order valence-electron chi connectivity index (χ3n) is 3.76. The van der Waals surface area contributed by atoms with Gasteiger partial charge in [0.1, 0.15) is 0 Å². The number of alkyl halides is 1. The van der Waals surface area contributed by atoms with Crippen LogP contribution in [0.5, 0.6) is 0 Å². The van der Waals surface area contributed by atoms with Crippen LogP contribution >= 0.6 is 15.9 Å². The Morgan fingerprint density at radius 2 is 1.83 bits per heavy atom. The second-order valence-electron chi connectivity index (χ2n) is 4.84. The standard InChI is InChI=1S/C14H17BrO3/c15-12-9-5-4-8-11(12)14(18,13(16)17)10-6-2-1-3-7-10/h1-3,6-7,11-12,18H,4-5,8-9H2,(H,16,17). The van der Waals surface area contributed by atoms with Crippen molar-refractivity contribution in [3.8, 4) is 0 Å². The Balaban J connectivity index is 2.41. The van der Waals surface area contributed by atoms with Crippen molar-refractivity contribution in [1.29, 1.82) is 0 Å². The van der Waals surface area contributed by atoms with Crippen LogP contribution in [0.3, 0.4) is 0 Å². The summed E-state index contributed by atoms with van der Waals surface area (Å²) in [6, 6.07) is 8.70. The molecular weight excluding hydrogens is 296 g/mol. The van der Waals surface area contributed by atoms with Crippen LogP contribution in [-0.2, 0) is 10.4 Å². The molecule has 0 bridgehead atoms. The summed E-state index contributed by atoms with van der Waals surface area (Å²) in [5.41, 5.74) is -1.33. The maximum atomic E-state index is 11.6. The van der Waals surface area contributed by atoms with E-state index in [0.29, 0.717) is 5.56 Å². The summed E-state index contributed by atoms with van der Waals surface area (Å²) in [4.78, 5) is 11.6. The van der Waals surface area contributed by atoms with Crippen molar-refractivity contribution in [3.05, 3.63) is 35.9 Å². The van der Waals surface area contributed by atoms with Crippen molar-refractivity contribution in [1.82, 2.24) is 0 Å². The number of carboxylic acid groups (broad SMARTS) is 1. The summed E-state index contributed by atoms with van der Waals surface area (Å²) in [6.45, 7) is 0. The van der Waals surface area contributed by atoms with Gasteiger partial charge in [-0.05, 0) is 18.4 Å². The summed E-state index contributed by atoms with van der Waals surface area (Å²) in [5.74, 6) is -1.45. The van der Waals surface area contributed by atoms with Gasteiger partial charge in [-0.2, -0.15) is 0 Å². The van der Waals surface area contributed by atoms with Gasteiger partial charge in [-0.15, -0.1) is 0 Å². The molecule has 0 spiro atoms. The van der Waals surface area contributed by atoms with Gasteiger partial charge in [0.15, 0.2) is 5.60 Å². The molecule has 3 atom stereocenters. The summed E-state index contributed by atoms with van der Waals surface area (Å²) in [7, 11) is 0. The molecule has 18 heavy (non-hydrogen) atoms. The minimum atomic E-state index is -1.80. The van der Waals surface area contributed by atoms with Crippen LogP contribution in [0, 0.1) is 5.92 Å². The molecule has 0 amide bonds. The van der Waals surface area contributed by atoms with E-state index in [9.17, 15) is 15.0 Å². The first-order chi connectivity index (χ1) is 8.56. The van der Waals surface area contributed by atoms with E-state index in [0.717, 1.165) is 25.7 Å². The predicted molar refractivity (Wildman–Crippen MR) is 72.6 cm³/mol. The van der Waals surface area contributed by atoms with Gasteiger partial charge in [0.25, 0.3) is 0 Å². The SMILES string of the molecule is O=C(O)C(O)(c1ccccc1)C1CCCCC1Br. The number of carboxylic acids is 1. The molecule has 98 valence electrons. The number of carbonyl (C=O) groups is 1. The molecule has 2 N–H and O–H groups in total. The molecule has 0 aliphatic heterocycles. The third kappa shape index (κ3) is 2.31. The highest BCUT2D eigenvalue weighted by Gasteiger charge is 2.48. The van der Waals surface area contributed by atoms with Crippen LogP contribution in [0.1, 0.15) is 31.2 Å². The molecule has 1 saturated carbocycles. The van der Waals surface area contributed by atoms with Gasteiger partial charge in [-0.3, -0.25) is 0 Å². The zero-order chi connectivity index (χ0) is 13.2. The normalized spacial score (nSPS) is 27.4. The average Bonchev–Trinajstić information content (AvgIpc) is 2.39. The van der Waals surface area contributed by atoms with Crippen molar-refractivity contribution in [2.75, 3.05) is 0 Å². The van der Waals surface area contributed by atoms with E-state index < -0.39 is 11.6 Å². The van der Waals surface area contributed by atoms with E-state index >= 15 is 0 Å². The Labute approximate surface area is 115 Å². The smallest absolute Gasteiger partial charge is 0.340 e. The van der Waals surface area contributed by atoms with Gasteiger partial charge < -0.3 is 10.2 Å². The van der Waals surface area contributed by atoms with Crippen molar-refractivity contribution in [2.45, 2.75) is 36.1 Å². The van der Waals surface area contributed by atoms with Crippen molar-refractivity contribution in [3.63, 3.8) is 0 Å². The number of halogens is 1. The highest BCUT2D eigenvalue weighted by molar-refractivity contribution is 9.09. The fourth-order valence-corrected chi connectivity index (χ4v) is 3.72. The first kappa shape index (κ1) is 13.6. The van der Waals surface area contributed by atoms with Crippen LogP contribution in [-0.4, -0.2) is 21.0 Å². The molecule has 3 nitrogen and oxygen atoms in total. The van der Waals surface area contributed by atoms with Gasteiger partial charge in [0.2, 0.25) is 0 Å². The van der Waals surface area contributed by atoms with E-state index in [-0.39, 0.29) is 10.7 Å². The minimum absolute atomic E-state index is 0.0487.